The number of amides is 4. The predicted molar refractivity (Wildman–Crippen MR) is 233 cm³/mol. The Morgan fingerprint density at radius 2 is 1.55 bits per heavy atom. The van der Waals surface area contributed by atoms with E-state index in [-0.39, 0.29) is 47.3 Å². The largest absolute Gasteiger partial charge is 0.388 e. The summed E-state index contributed by atoms with van der Waals surface area (Å²) in [6.45, 7) is 6.94. The van der Waals surface area contributed by atoms with Crippen molar-refractivity contribution < 1.29 is 37.1 Å². The van der Waals surface area contributed by atoms with E-state index in [2.05, 4.69) is 25.4 Å². The molecule has 0 bridgehead atoms. The zero-order valence-corrected chi connectivity index (χ0v) is 36.8. The highest BCUT2D eigenvalue weighted by Gasteiger charge is 2.47. The van der Waals surface area contributed by atoms with Crippen molar-refractivity contribution in [3.63, 3.8) is 0 Å². The van der Waals surface area contributed by atoms with Gasteiger partial charge in [-0.3, -0.25) is 48.6 Å². The van der Waals surface area contributed by atoms with Crippen molar-refractivity contribution in [3.05, 3.63) is 57.8 Å². The summed E-state index contributed by atoms with van der Waals surface area (Å²) in [5.74, 6) is -2.78. The number of aliphatic hydroxyl groups is 1. The second kappa shape index (κ2) is 16.5. The van der Waals surface area contributed by atoms with Crippen molar-refractivity contribution in [1.82, 2.24) is 38.9 Å². The van der Waals surface area contributed by atoms with Crippen LogP contribution in [0, 0.1) is 5.82 Å². The van der Waals surface area contributed by atoms with Crippen LogP contribution < -0.4 is 21.1 Å². The molecule has 10 rings (SSSR count). The molecule has 2 aromatic heterocycles. The summed E-state index contributed by atoms with van der Waals surface area (Å²) < 4.78 is 46.5. The van der Waals surface area contributed by atoms with Gasteiger partial charge in [0.05, 0.1) is 33.7 Å². The maximum absolute atomic E-state index is 15.5. The number of aromatic nitrogens is 3. The molecule has 0 radical (unpaired) electrons. The Kier molecular flexibility index (Phi) is 11.1. The molecule has 1 unspecified atom stereocenters. The monoisotopic (exact) mass is 902 g/mol. The first-order valence-electron chi connectivity index (χ1n) is 22.8. The van der Waals surface area contributed by atoms with Crippen molar-refractivity contribution in [3.8, 4) is 0 Å². The molecular formula is C44H55FN10O8S. The van der Waals surface area contributed by atoms with Crippen LogP contribution in [0.4, 0.5) is 16.0 Å². The number of imide groups is 2. The van der Waals surface area contributed by atoms with E-state index in [4.69, 9.17) is 4.98 Å². The minimum Gasteiger partial charge on any atom is -0.388 e. The first kappa shape index (κ1) is 43.0. The fourth-order valence-corrected chi connectivity index (χ4v) is 13.3. The van der Waals surface area contributed by atoms with Gasteiger partial charge in [0, 0.05) is 81.5 Å². The lowest BCUT2D eigenvalue weighted by Crippen LogP contribution is -2.64. The summed E-state index contributed by atoms with van der Waals surface area (Å²) in [6, 6.07) is 4.86. The molecule has 3 N–H and O–H groups in total. The number of halogens is 1. The summed E-state index contributed by atoms with van der Waals surface area (Å²) in [7, 11) is -3.48. The Bertz CT molecular complexity index is 2560. The molecule has 18 nitrogen and oxygen atoms in total. The van der Waals surface area contributed by atoms with Crippen molar-refractivity contribution in [2.45, 2.75) is 119 Å². The average Bonchev–Trinajstić information content (AvgIpc) is 3.73. The fraction of sp³-hybridized carbons (Fsp3) is 0.614. The van der Waals surface area contributed by atoms with E-state index in [1.807, 2.05) is 4.90 Å². The maximum Gasteiger partial charge on any atom is 0.262 e. The van der Waals surface area contributed by atoms with Crippen molar-refractivity contribution >= 4 is 56.3 Å². The van der Waals surface area contributed by atoms with Crippen LogP contribution in [0.25, 0.3) is 11.0 Å². The summed E-state index contributed by atoms with van der Waals surface area (Å²) in [4.78, 5) is 80.5. The number of nitrogens with zero attached hydrogens (tertiary/aromatic N) is 8. The molecule has 1 saturated carbocycles. The second-order valence-electron chi connectivity index (χ2n) is 19.0. The third-order valence-electron chi connectivity index (χ3n) is 15.1. The molecule has 5 saturated heterocycles. The summed E-state index contributed by atoms with van der Waals surface area (Å²) >= 11 is 0. The van der Waals surface area contributed by atoms with E-state index in [9.17, 15) is 37.5 Å². The van der Waals surface area contributed by atoms with Crippen LogP contribution in [0.15, 0.2) is 35.3 Å². The van der Waals surface area contributed by atoms with Gasteiger partial charge in [-0.15, -0.1) is 0 Å². The normalized spacial score (nSPS) is 27.7. The number of hydrogen-bond acceptors (Lipinski definition) is 14. The zero-order chi connectivity index (χ0) is 44.7. The molecule has 342 valence electrons. The molecule has 4 amide bonds. The van der Waals surface area contributed by atoms with Gasteiger partial charge in [0.25, 0.3) is 17.4 Å². The van der Waals surface area contributed by atoms with Crippen LogP contribution in [0.3, 0.4) is 0 Å². The minimum absolute atomic E-state index is 0.00687. The molecule has 20 heteroatoms. The third-order valence-corrected chi connectivity index (χ3v) is 17.5. The molecule has 3 aromatic rings. The van der Waals surface area contributed by atoms with Gasteiger partial charge in [0.1, 0.15) is 17.5 Å². The van der Waals surface area contributed by atoms with Gasteiger partial charge in [0.15, 0.2) is 0 Å². The Hall–Kier alpha value is -4.89. The Balaban J connectivity index is 0.677. The van der Waals surface area contributed by atoms with Gasteiger partial charge in [0.2, 0.25) is 27.8 Å². The quantitative estimate of drug-likeness (QED) is 0.262. The Morgan fingerprint density at radius 3 is 2.22 bits per heavy atom. The van der Waals surface area contributed by atoms with Gasteiger partial charge >= 0.3 is 0 Å². The van der Waals surface area contributed by atoms with Crippen molar-refractivity contribution in [2.75, 3.05) is 62.6 Å². The number of fused-ring (bicyclic) bond motifs is 2. The highest BCUT2D eigenvalue weighted by atomic mass is 32.2. The smallest absolute Gasteiger partial charge is 0.262 e. The highest BCUT2D eigenvalue weighted by molar-refractivity contribution is 7.89. The van der Waals surface area contributed by atoms with Crippen LogP contribution >= 0.6 is 0 Å². The van der Waals surface area contributed by atoms with Crippen LogP contribution in [0.5, 0.6) is 0 Å². The first-order chi connectivity index (χ1) is 30.7. The molecule has 1 aromatic carbocycles. The summed E-state index contributed by atoms with van der Waals surface area (Å²) in [6.07, 6.45) is 7.81. The number of carbonyl (C=O) groups is 4. The standard InChI is InChI=1S/C44H55FN10O8S/c1-44(61)14-2-3-36(44)55-38(57)7-4-26-23-46-43(49-39(26)55)47-27-8-19-53(20-9-27)64(62,63)30-12-17-50(18-13-30)29-24-52(25-29)28-10-15-51(16-11-28)35-22-32-31(21-33(35)45)41(59)54(42(32)60)34-5-6-37(56)48-40(34)58/h4,7,21-23,27-30,34,36,61H,2-3,5-6,8-20,24-25H2,1H3,(H,46,47,49)(H,48,56,58)/t34?,36-,44-/m1/s1. The van der Waals surface area contributed by atoms with E-state index in [1.54, 1.807) is 28.1 Å². The van der Waals surface area contributed by atoms with Gasteiger partial charge in [-0.2, -0.15) is 4.98 Å². The summed E-state index contributed by atoms with van der Waals surface area (Å²) in [5, 5.41) is 16.9. The van der Waals surface area contributed by atoms with Crippen LogP contribution in [-0.2, 0) is 19.6 Å². The number of rotatable bonds is 9. The van der Waals surface area contributed by atoms with Crippen LogP contribution in [0.2, 0.25) is 0 Å². The maximum atomic E-state index is 15.5. The number of piperidine rings is 4. The van der Waals surface area contributed by atoms with Crippen LogP contribution in [-0.4, -0.2) is 158 Å². The minimum atomic E-state index is -3.48. The zero-order valence-electron chi connectivity index (χ0n) is 36.0. The molecule has 64 heavy (non-hydrogen) atoms. The van der Waals surface area contributed by atoms with Crippen molar-refractivity contribution in [1.29, 1.82) is 0 Å². The number of likely N-dealkylation sites (tertiary alicyclic amines) is 2. The fourth-order valence-electron chi connectivity index (χ4n) is 11.3. The number of carbonyl (C=O) groups excluding carboxylic acids is 4. The summed E-state index contributed by atoms with van der Waals surface area (Å²) in [5.41, 5.74) is -0.495. The lowest BCUT2D eigenvalue weighted by atomic mass is 9.95. The van der Waals surface area contributed by atoms with Gasteiger partial charge in [-0.25, -0.2) is 22.1 Å². The van der Waals surface area contributed by atoms with Gasteiger partial charge in [-0.05, 0) is 102 Å². The SMILES string of the molecule is C[C@@]1(O)CCC[C@H]1n1c(=O)ccc2cnc(NC3CCN(S(=O)(=O)C4CCN(C5CN(C6CCN(c7cc8c(cc7F)C(=O)N(C7CCC(=O)NC7=O)C8=O)CC6)C5)CC4)CC3)nc21. The molecule has 6 aliphatic heterocycles. The molecule has 6 fully saturated rings. The number of hydrogen-bond donors (Lipinski definition) is 3. The topological polar surface area (TPSA) is 211 Å². The third kappa shape index (κ3) is 7.67. The molecular weight excluding hydrogens is 848 g/mol. The number of nitrogens with one attached hydrogen (secondary N) is 2. The van der Waals surface area contributed by atoms with E-state index >= 15 is 4.39 Å². The first-order valence-corrected chi connectivity index (χ1v) is 24.3. The number of sulfonamides is 1. The van der Waals surface area contributed by atoms with E-state index < -0.39 is 56.4 Å². The molecule has 7 aliphatic rings. The van der Waals surface area contributed by atoms with Gasteiger partial charge < -0.3 is 15.3 Å². The highest BCUT2D eigenvalue weighted by Crippen LogP contribution is 2.40. The lowest BCUT2D eigenvalue weighted by molar-refractivity contribution is -0.136. The number of anilines is 2. The second-order valence-corrected chi connectivity index (χ2v) is 21.2. The van der Waals surface area contributed by atoms with E-state index in [1.165, 1.54) is 12.1 Å². The van der Waals surface area contributed by atoms with Crippen molar-refractivity contribution in [2.24, 2.45) is 0 Å². The number of benzene rings is 1. The molecule has 8 heterocycles. The van der Waals surface area contributed by atoms with Gasteiger partial charge in [-0.1, -0.05) is 0 Å². The lowest BCUT2D eigenvalue weighted by Gasteiger charge is -2.52. The molecule has 3 atom stereocenters. The molecule has 1 aliphatic carbocycles. The average molecular weight is 903 g/mol. The molecule has 0 spiro atoms. The Labute approximate surface area is 370 Å². The predicted octanol–water partition coefficient (Wildman–Crippen LogP) is 1.83. The van der Waals surface area contributed by atoms with E-state index in [0.717, 1.165) is 56.4 Å². The number of pyridine rings is 1. The van der Waals surface area contributed by atoms with E-state index in [0.29, 0.717) is 93.8 Å². The Morgan fingerprint density at radius 1 is 0.844 bits per heavy atom. The van der Waals surface area contributed by atoms with Crippen LogP contribution in [0.1, 0.15) is 104 Å².